The van der Waals surface area contributed by atoms with Gasteiger partial charge in [-0.15, -0.1) is 0 Å². The van der Waals surface area contributed by atoms with E-state index in [4.69, 9.17) is 0 Å². The lowest BCUT2D eigenvalue weighted by molar-refractivity contribution is -0.141. The van der Waals surface area contributed by atoms with Gasteiger partial charge in [0.05, 0.1) is 25.7 Å². The Kier molecular flexibility index (Phi) is 4.74. The highest BCUT2D eigenvalue weighted by Crippen LogP contribution is 2.15. The SMILES string of the molecule is COC(=O)CCN1C(=O)C(Cc2ccccc2)NC1C. The van der Waals surface area contributed by atoms with E-state index in [1.807, 2.05) is 37.3 Å². The number of carbonyl (C=O) groups is 2. The molecule has 0 aromatic heterocycles. The van der Waals surface area contributed by atoms with Crippen LogP contribution in [0.3, 0.4) is 0 Å². The molecule has 1 heterocycles. The molecule has 0 spiro atoms. The largest absolute Gasteiger partial charge is 0.469 e. The molecule has 1 saturated heterocycles. The number of nitrogens with one attached hydrogen (secondary N) is 1. The molecule has 2 atom stereocenters. The smallest absolute Gasteiger partial charge is 0.307 e. The zero-order valence-corrected chi connectivity index (χ0v) is 11.8. The Morgan fingerprint density at radius 2 is 2.05 bits per heavy atom. The fraction of sp³-hybridized carbons (Fsp3) is 0.467. The van der Waals surface area contributed by atoms with Gasteiger partial charge in [0.25, 0.3) is 0 Å². The number of rotatable bonds is 5. The summed E-state index contributed by atoms with van der Waals surface area (Å²) in [4.78, 5) is 25.2. The Balaban J connectivity index is 1.94. The lowest BCUT2D eigenvalue weighted by Gasteiger charge is -2.19. The predicted octanol–water partition coefficient (Wildman–Crippen LogP) is 0.939. The van der Waals surface area contributed by atoms with Crippen molar-refractivity contribution in [3.05, 3.63) is 35.9 Å². The number of hydrogen-bond acceptors (Lipinski definition) is 4. The van der Waals surface area contributed by atoms with Crippen molar-refractivity contribution in [1.29, 1.82) is 0 Å². The zero-order valence-electron chi connectivity index (χ0n) is 11.8. The number of carbonyl (C=O) groups excluding carboxylic acids is 2. The Bertz CT molecular complexity index is 475. The fourth-order valence-corrected chi connectivity index (χ4v) is 2.46. The molecule has 1 aromatic carbocycles. The highest BCUT2D eigenvalue weighted by molar-refractivity contribution is 5.85. The molecule has 0 radical (unpaired) electrons. The number of amides is 1. The van der Waals surface area contributed by atoms with Crippen molar-refractivity contribution in [3.63, 3.8) is 0 Å². The van der Waals surface area contributed by atoms with Gasteiger partial charge in [-0.3, -0.25) is 14.9 Å². The Labute approximate surface area is 118 Å². The van der Waals surface area contributed by atoms with E-state index in [0.29, 0.717) is 13.0 Å². The van der Waals surface area contributed by atoms with Crippen LogP contribution in [-0.2, 0) is 20.7 Å². The van der Waals surface area contributed by atoms with Gasteiger partial charge in [0, 0.05) is 6.54 Å². The summed E-state index contributed by atoms with van der Waals surface area (Å²) in [6.45, 7) is 2.32. The van der Waals surface area contributed by atoms with Crippen LogP contribution in [0.2, 0.25) is 0 Å². The molecule has 0 bridgehead atoms. The average molecular weight is 276 g/mol. The van der Waals surface area contributed by atoms with E-state index in [2.05, 4.69) is 10.1 Å². The van der Waals surface area contributed by atoms with Gasteiger partial charge >= 0.3 is 5.97 Å². The van der Waals surface area contributed by atoms with Gasteiger partial charge in [0.15, 0.2) is 0 Å². The Hall–Kier alpha value is -1.88. The third kappa shape index (κ3) is 3.36. The van der Waals surface area contributed by atoms with Gasteiger partial charge < -0.3 is 9.64 Å². The van der Waals surface area contributed by atoms with E-state index in [1.165, 1.54) is 7.11 Å². The van der Waals surface area contributed by atoms with E-state index in [0.717, 1.165) is 5.56 Å². The quantitative estimate of drug-likeness (QED) is 0.813. The van der Waals surface area contributed by atoms with Gasteiger partial charge in [-0.1, -0.05) is 30.3 Å². The van der Waals surface area contributed by atoms with Crippen LogP contribution in [0, 0.1) is 0 Å². The molecule has 0 saturated carbocycles. The molecule has 1 aromatic rings. The summed E-state index contributed by atoms with van der Waals surface area (Å²) in [6.07, 6.45) is 0.839. The van der Waals surface area contributed by atoms with Crippen molar-refractivity contribution in [2.75, 3.05) is 13.7 Å². The molecule has 1 aliphatic rings. The van der Waals surface area contributed by atoms with Crippen molar-refractivity contribution in [2.45, 2.75) is 32.0 Å². The van der Waals surface area contributed by atoms with E-state index in [1.54, 1.807) is 4.90 Å². The monoisotopic (exact) mass is 276 g/mol. The van der Waals surface area contributed by atoms with E-state index >= 15 is 0 Å². The van der Waals surface area contributed by atoms with Crippen LogP contribution in [0.5, 0.6) is 0 Å². The van der Waals surface area contributed by atoms with Crippen LogP contribution >= 0.6 is 0 Å². The number of nitrogens with zero attached hydrogens (tertiary/aromatic N) is 1. The summed E-state index contributed by atoms with van der Waals surface area (Å²) in [5, 5.41) is 3.27. The van der Waals surface area contributed by atoms with Crippen molar-refractivity contribution in [1.82, 2.24) is 10.2 Å². The molecule has 1 fully saturated rings. The van der Waals surface area contributed by atoms with Crippen molar-refractivity contribution in [2.24, 2.45) is 0 Å². The Morgan fingerprint density at radius 1 is 1.35 bits per heavy atom. The van der Waals surface area contributed by atoms with Crippen LogP contribution in [0.25, 0.3) is 0 Å². The molecular formula is C15H20N2O3. The van der Waals surface area contributed by atoms with Gasteiger partial charge in [-0.2, -0.15) is 0 Å². The minimum Gasteiger partial charge on any atom is -0.469 e. The van der Waals surface area contributed by atoms with Gasteiger partial charge in [-0.25, -0.2) is 0 Å². The van der Waals surface area contributed by atoms with E-state index in [-0.39, 0.29) is 30.5 Å². The highest BCUT2D eigenvalue weighted by atomic mass is 16.5. The third-order valence-electron chi connectivity index (χ3n) is 3.56. The van der Waals surface area contributed by atoms with Crippen molar-refractivity contribution in [3.8, 4) is 0 Å². The number of ether oxygens (including phenoxy) is 1. The summed E-state index contributed by atoms with van der Waals surface area (Å²) >= 11 is 0. The van der Waals surface area contributed by atoms with Crippen LogP contribution in [0.1, 0.15) is 18.9 Å². The normalized spacial score (nSPS) is 22.1. The maximum atomic E-state index is 12.3. The maximum absolute atomic E-state index is 12.3. The first kappa shape index (κ1) is 14.5. The first-order valence-corrected chi connectivity index (χ1v) is 6.79. The molecular weight excluding hydrogens is 256 g/mol. The van der Waals surface area contributed by atoms with Gasteiger partial charge in [0.1, 0.15) is 0 Å². The standard InChI is InChI=1S/C15H20N2O3/c1-11-16-13(10-12-6-4-3-5-7-12)15(19)17(11)9-8-14(18)20-2/h3-7,11,13,16H,8-10H2,1-2H3. The molecule has 1 amide bonds. The van der Waals surface area contributed by atoms with Gasteiger partial charge in [0.2, 0.25) is 5.91 Å². The number of esters is 1. The lowest BCUT2D eigenvalue weighted by Crippen LogP contribution is -2.36. The summed E-state index contributed by atoms with van der Waals surface area (Å²) in [5.74, 6) is -0.248. The molecule has 1 aliphatic heterocycles. The molecule has 20 heavy (non-hydrogen) atoms. The Morgan fingerprint density at radius 3 is 2.70 bits per heavy atom. The molecule has 2 unspecified atom stereocenters. The molecule has 5 heteroatoms. The minimum absolute atomic E-state index is 0.0465. The van der Waals surface area contributed by atoms with Crippen LogP contribution in [-0.4, -0.2) is 42.6 Å². The van der Waals surface area contributed by atoms with E-state index in [9.17, 15) is 9.59 Å². The molecule has 0 aliphatic carbocycles. The minimum atomic E-state index is -0.295. The molecule has 108 valence electrons. The third-order valence-corrected chi connectivity index (χ3v) is 3.56. The number of methoxy groups -OCH3 is 1. The molecule has 1 N–H and O–H groups in total. The van der Waals surface area contributed by atoms with Crippen molar-refractivity contribution < 1.29 is 14.3 Å². The van der Waals surface area contributed by atoms with Crippen LogP contribution in [0.4, 0.5) is 0 Å². The van der Waals surface area contributed by atoms with Crippen molar-refractivity contribution >= 4 is 11.9 Å². The average Bonchev–Trinajstić information content (AvgIpc) is 2.72. The summed E-state index contributed by atoms with van der Waals surface area (Å²) in [6, 6.07) is 9.69. The predicted molar refractivity (Wildman–Crippen MR) is 74.9 cm³/mol. The first-order chi connectivity index (χ1) is 9.61. The van der Waals surface area contributed by atoms with Crippen LogP contribution < -0.4 is 5.32 Å². The zero-order chi connectivity index (χ0) is 14.5. The van der Waals surface area contributed by atoms with Gasteiger partial charge in [-0.05, 0) is 18.9 Å². The first-order valence-electron chi connectivity index (χ1n) is 6.79. The fourth-order valence-electron chi connectivity index (χ4n) is 2.46. The second-order valence-electron chi connectivity index (χ2n) is 4.94. The second kappa shape index (κ2) is 6.52. The van der Waals surface area contributed by atoms with E-state index < -0.39 is 0 Å². The molecule has 2 rings (SSSR count). The highest BCUT2D eigenvalue weighted by Gasteiger charge is 2.36. The summed E-state index contributed by atoms with van der Waals surface area (Å²) < 4.78 is 4.61. The number of benzene rings is 1. The second-order valence-corrected chi connectivity index (χ2v) is 4.94. The van der Waals surface area contributed by atoms with Crippen LogP contribution in [0.15, 0.2) is 30.3 Å². The lowest BCUT2D eigenvalue weighted by atomic mass is 10.1. The number of hydrogen-bond donors (Lipinski definition) is 1. The summed E-state index contributed by atoms with van der Waals surface area (Å²) in [7, 11) is 1.36. The maximum Gasteiger partial charge on any atom is 0.307 e. The molecule has 5 nitrogen and oxygen atoms in total. The topological polar surface area (TPSA) is 58.6 Å². The summed E-state index contributed by atoms with van der Waals surface area (Å²) in [5.41, 5.74) is 1.13.